The molecule has 2 aromatic rings. The first-order chi connectivity index (χ1) is 19.4. The minimum absolute atomic E-state index is 0.0401. The van der Waals surface area contributed by atoms with Gasteiger partial charge in [0.25, 0.3) is 5.91 Å². The molecule has 0 saturated carbocycles. The van der Waals surface area contributed by atoms with Crippen molar-refractivity contribution in [1.29, 1.82) is 0 Å². The first-order valence-electron chi connectivity index (χ1n) is 12.9. The van der Waals surface area contributed by atoms with Crippen molar-refractivity contribution in [3.63, 3.8) is 0 Å². The Hall–Kier alpha value is -3.41. The van der Waals surface area contributed by atoms with Crippen molar-refractivity contribution in [2.24, 2.45) is 11.8 Å². The van der Waals surface area contributed by atoms with Gasteiger partial charge in [0.05, 0.1) is 26.2 Å². The molecule has 1 saturated heterocycles. The lowest BCUT2D eigenvalue weighted by Crippen LogP contribution is -2.47. The highest BCUT2D eigenvalue weighted by Gasteiger charge is 2.38. The van der Waals surface area contributed by atoms with Crippen molar-refractivity contribution in [3.05, 3.63) is 51.8 Å². The summed E-state index contributed by atoms with van der Waals surface area (Å²) >= 11 is 12.5. The van der Waals surface area contributed by atoms with Crippen molar-refractivity contribution < 1.29 is 42.9 Å². The summed E-state index contributed by atoms with van der Waals surface area (Å²) in [7, 11) is 1.34. The molecule has 13 heteroatoms. The predicted octanol–water partition coefficient (Wildman–Crippen LogP) is 3.81. The first kappa shape index (κ1) is 32.1. The van der Waals surface area contributed by atoms with Crippen LogP contribution in [-0.4, -0.2) is 67.4 Å². The topological polar surface area (TPSA) is 139 Å². The third-order valence-corrected chi connectivity index (χ3v) is 6.79. The fourth-order valence-electron chi connectivity index (χ4n) is 4.15. The Morgan fingerprint density at radius 2 is 1.90 bits per heavy atom. The Morgan fingerprint density at radius 3 is 2.54 bits per heavy atom. The van der Waals surface area contributed by atoms with Gasteiger partial charge in [0.2, 0.25) is 5.75 Å². The molecule has 1 aliphatic heterocycles. The van der Waals surface area contributed by atoms with Crippen molar-refractivity contribution in [3.8, 4) is 11.5 Å². The first-order valence-corrected chi connectivity index (χ1v) is 13.6. The number of rotatable bonds is 8. The molecule has 0 unspecified atom stereocenters. The third kappa shape index (κ3) is 8.54. The predicted molar refractivity (Wildman–Crippen MR) is 148 cm³/mol. The standard InChI is InChI=1S/C28H32Cl2N2O9/c1-14(2)27(35)41-24-15(3)39-28(36)21(13-38-12-18(24)10-17-6-7-19(29)11-20(17)30)32-26(34)23-25(40-16(4)33)22(37-5)8-9-31-23/h6-9,11,14-15,18,21,24H,10,12-13H2,1-5H3,(H,32,34)/t15-,18-,21-,24-/m0/s1. The zero-order chi connectivity index (χ0) is 30.3. The Morgan fingerprint density at radius 1 is 1.17 bits per heavy atom. The number of nitrogens with one attached hydrogen (secondary N) is 1. The number of carbonyl (C=O) groups is 4. The average molecular weight is 611 g/mol. The number of ether oxygens (including phenoxy) is 5. The van der Waals surface area contributed by atoms with Gasteiger partial charge in [-0.25, -0.2) is 9.78 Å². The summed E-state index contributed by atoms with van der Waals surface area (Å²) in [5.74, 6) is -3.82. The fraction of sp³-hybridized carbons (Fsp3) is 0.464. The summed E-state index contributed by atoms with van der Waals surface area (Å²) in [6.45, 7) is 5.92. The van der Waals surface area contributed by atoms with Crippen LogP contribution < -0.4 is 14.8 Å². The van der Waals surface area contributed by atoms with Crippen LogP contribution in [0.4, 0.5) is 0 Å². The van der Waals surface area contributed by atoms with Crippen LogP contribution in [0.5, 0.6) is 11.5 Å². The van der Waals surface area contributed by atoms with Gasteiger partial charge in [-0.2, -0.15) is 0 Å². The van der Waals surface area contributed by atoms with Gasteiger partial charge >= 0.3 is 17.9 Å². The van der Waals surface area contributed by atoms with E-state index in [2.05, 4.69) is 10.3 Å². The van der Waals surface area contributed by atoms with E-state index >= 15 is 0 Å². The van der Waals surface area contributed by atoms with Crippen LogP contribution in [0, 0.1) is 11.8 Å². The second-order valence-corrected chi connectivity index (χ2v) is 10.6. The molecule has 0 aliphatic carbocycles. The Balaban J connectivity index is 1.87. The van der Waals surface area contributed by atoms with Gasteiger partial charge < -0.3 is 29.0 Å². The molecule has 1 aromatic heterocycles. The van der Waals surface area contributed by atoms with Gasteiger partial charge in [-0.05, 0) is 31.0 Å². The van der Waals surface area contributed by atoms with E-state index < -0.39 is 53.9 Å². The van der Waals surface area contributed by atoms with Crippen LogP contribution >= 0.6 is 23.2 Å². The van der Waals surface area contributed by atoms with E-state index in [9.17, 15) is 19.2 Å². The molecule has 2 heterocycles. The molecule has 1 fully saturated rings. The smallest absolute Gasteiger partial charge is 0.331 e. The molecule has 1 aliphatic rings. The van der Waals surface area contributed by atoms with Gasteiger partial charge in [0, 0.05) is 35.2 Å². The van der Waals surface area contributed by atoms with Crippen molar-refractivity contribution in [2.45, 2.75) is 52.4 Å². The number of aromatic nitrogens is 1. The van der Waals surface area contributed by atoms with Gasteiger partial charge in [-0.1, -0.05) is 43.1 Å². The average Bonchev–Trinajstić information content (AvgIpc) is 2.95. The fourth-order valence-corrected chi connectivity index (χ4v) is 4.63. The number of hydrogen-bond acceptors (Lipinski definition) is 10. The molecule has 1 aromatic carbocycles. The lowest BCUT2D eigenvalue weighted by Gasteiger charge is -2.31. The lowest BCUT2D eigenvalue weighted by molar-refractivity contribution is -0.173. The maximum absolute atomic E-state index is 13.2. The van der Waals surface area contributed by atoms with E-state index in [-0.39, 0.29) is 30.4 Å². The minimum Gasteiger partial charge on any atom is -0.493 e. The van der Waals surface area contributed by atoms with Gasteiger partial charge in [0.1, 0.15) is 12.2 Å². The quantitative estimate of drug-likeness (QED) is 0.439. The number of esters is 3. The van der Waals surface area contributed by atoms with E-state index in [0.717, 1.165) is 12.5 Å². The largest absolute Gasteiger partial charge is 0.493 e. The molecule has 0 spiro atoms. The molecular formula is C28H32Cl2N2O9. The molecule has 41 heavy (non-hydrogen) atoms. The Kier molecular flexibility index (Phi) is 11.3. The summed E-state index contributed by atoms with van der Waals surface area (Å²) in [4.78, 5) is 54.6. The summed E-state index contributed by atoms with van der Waals surface area (Å²) in [6, 6.07) is 5.22. The summed E-state index contributed by atoms with van der Waals surface area (Å²) in [5.41, 5.74) is 0.458. The number of nitrogens with zero attached hydrogens (tertiary/aromatic N) is 1. The number of hydrogen-bond donors (Lipinski definition) is 1. The van der Waals surface area contributed by atoms with E-state index in [1.807, 2.05) is 0 Å². The third-order valence-electron chi connectivity index (χ3n) is 6.21. The van der Waals surface area contributed by atoms with Crippen molar-refractivity contribution in [1.82, 2.24) is 10.3 Å². The van der Waals surface area contributed by atoms with Crippen molar-refractivity contribution >= 4 is 47.0 Å². The molecule has 4 atom stereocenters. The number of methoxy groups -OCH3 is 1. The monoisotopic (exact) mass is 610 g/mol. The highest BCUT2D eigenvalue weighted by molar-refractivity contribution is 6.35. The number of pyridine rings is 1. The second kappa shape index (κ2) is 14.5. The molecular weight excluding hydrogens is 579 g/mol. The number of cyclic esters (lactones) is 1. The van der Waals surface area contributed by atoms with Crippen molar-refractivity contribution in [2.75, 3.05) is 20.3 Å². The zero-order valence-electron chi connectivity index (χ0n) is 23.3. The maximum atomic E-state index is 13.2. The van der Waals surface area contributed by atoms with Gasteiger partial charge in [-0.3, -0.25) is 14.4 Å². The SMILES string of the molecule is COc1ccnc(C(=O)N[C@H]2COC[C@H](Cc3ccc(Cl)cc3Cl)[C@@H](OC(=O)C(C)C)[C@H](C)OC2=O)c1OC(C)=O. The Bertz CT molecular complexity index is 1290. The van der Waals surface area contributed by atoms with E-state index in [1.165, 1.54) is 19.4 Å². The molecule has 0 bridgehead atoms. The van der Waals surface area contributed by atoms with Crippen LogP contribution in [0.3, 0.4) is 0 Å². The normalized spacial score (nSPS) is 21.1. The minimum atomic E-state index is -1.26. The number of amides is 1. The van der Waals surface area contributed by atoms with Crippen LogP contribution in [0.1, 0.15) is 43.7 Å². The number of halogens is 2. The maximum Gasteiger partial charge on any atom is 0.331 e. The summed E-state index contributed by atoms with van der Waals surface area (Å²) < 4.78 is 27.7. The number of carbonyl (C=O) groups excluding carboxylic acids is 4. The molecule has 11 nitrogen and oxygen atoms in total. The summed E-state index contributed by atoms with van der Waals surface area (Å²) in [5, 5.41) is 3.42. The van der Waals surface area contributed by atoms with Crippen LogP contribution in [-0.2, 0) is 35.0 Å². The van der Waals surface area contributed by atoms with Gasteiger partial charge in [-0.15, -0.1) is 0 Å². The molecule has 1 N–H and O–H groups in total. The van der Waals surface area contributed by atoms with Crippen LogP contribution in [0.15, 0.2) is 30.5 Å². The highest BCUT2D eigenvalue weighted by Crippen LogP contribution is 2.31. The van der Waals surface area contributed by atoms with E-state index in [4.69, 9.17) is 46.9 Å². The molecule has 3 rings (SSSR count). The Labute approximate surface area is 247 Å². The molecule has 1 amide bonds. The summed E-state index contributed by atoms with van der Waals surface area (Å²) in [6.07, 6.45) is -0.176. The lowest BCUT2D eigenvalue weighted by atomic mass is 9.91. The van der Waals surface area contributed by atoms with Crippen LogP contribution in [0.2, 0.25) is 10.0 Å². The zero-order valence-corrected chi connectivity index (χ0v) is 24.8. The van der Waals surface area contributed by atoms with Crippen LogP contribution in [0.25, 0.3) is 0 Å². The molecule has 222 valence electrons. The second-order valence-electron chi connectivity index (χ2n) is 9.75. The number of benzene rings is 1. The van der Waals surface area contributed by atoms with E-state index in [1.54, 1.807) is 39.0 Å². The van der Waals surface area contributed by atoms with Gasteiger partial charge in [0.15, 0.2) is 17.5 Å². The van der Waals surface area contributed by atoms with E-state index in [0.29, 0.717) is 16.5 Å². The highest BCUT2D eigenvalue weighted by atomic mass is 35.5. The molecule has 0 radical (unpaired) electrons.